The number of hydrogen-bond acceptors (Lipinski definition) is 3. The minimum atomic E-state index is -0.285. The molecule has 0 radical (unpaired) electrons. The van der Waals surface area contributed by atoms with Gasteiger partial charge in [0.2, 0.25) is 0 Å². The van der Waals surface area contributed by atoms with Gasteiger partial charge in [-0.05, 0) is 39.9 Å². The van der Waals surface area contributed by atoms with Crippen LogP contribution in [-0.4, -0.2) is 17.1 Å². The summed E-state index contributed by atoms with van der Waals surface area (Å²) in [6.45, 7) is 0.569. The Labute approximate surface area is 128 Å². The van der Waals surface area contributed by atoms with Crippen molar-refractivity contribution in [3.8, 4) is 0 Å². The number of aryl methyl sites for hydroxylation is 1. The first-order chi connectivity index (χ1) is 9.56. The van der Waals surface area contributed by atoms with Crippen LogP contribution in [-0.2, 0) is 13.5 Å². The zero-order valence-electron chi connectivity index (χ0n) is 10.9. The molecule has 0 aliphatic heterocycles. The number of aromatic nitrogens is 1. The van der Waals surface area contributed by atoms with Gasteiger partial charge in [-0.1, -0.05) is 6.07 Å². The Morgan fingerprint density at radius 3 is 2.95 bits per heavy atom. The molecule has 2 N–H and O–H groups in total. The Morgan fingerprint density at radius 1 is 1.50 bits per heavy atom. The highest BCUT2D eigenvalue weighted by Gasteiger charge is 2.05. The molecule has 0 saturated heterocycles. The second-order valence-electron chi connectivity index (χ2n) is 4.20. The zero-order chi connectivity index (χ0) is 14.5. The molecule has 5 nitrogen and oxygen atoms in total. The van der Waals surface area contributed by atoms with Crippen LogP contribution in [0.4, 0.5) is 10.5 Å². The van der Waals surface area contributed by atoms with Crippen LogP contribution in [0, 0.1) is 0 Å². The molecule has 2 heterocycles. The number of hydrogen-bond donors (Lipinski definition) is 2. The molecule has 0 unspecified atom stereocenters. The normalized spacial score (nSPS) is 10.3. The van der Waals surface area contributed by atoms with Crippen molar-refractivity contribution in [3.63, 3.8) is 0 Å². The third-order valence-corrected chi connectivity index (χ3v) is 4.14. The summed E-state index contributed by atoms with van der Waals surface area (Å²) in [5.74, 6) is 0. The lowest BCUT2D eigenvalue weighted by molar-refractivity contribution is 0.252. The van der Waals surface area contributed by atoms with Gasteiger partial charge in [-0.2, -0.15) is 0 Å². The maximum Gasteiger partial charge on any atom is 0.319 e. The van der Waals surface area contributed by atoms with Crippen molar-refractivity contribution in [2.75, 3.05) is 11.9 Å². The van der Waals surface area contributed by atoms with Gasteiger partial charge < -0.3 is 15.2 Å². The van der Waals surface area contributed by atoms with E-state index in [4.69, 9.17) is 0 Å². The molecule has 20 heavy (non-hydrogen) atoms. The summed E-state index contributed by atoms with van der Waals surface area (Å²) in [5, 5.41) is 7.48. The minimum Gasteiger partial charge on any atom is -0.338 e. The van der Waals surface area contributed by atoms with Crippen molar-refractivity contribution < 1.29 is 4.79 Å². The number of amides is 2. The number of nitrogens with one attached hydrogen (secondary N) is 2. The lowest BCUT2D eigenvalue weighted by atomic mass is 10.3. The number of rotatable bonds is 4. The van der Waals surface area contributed by atoms with Crippen LogP contribution in [0.25, 0.3) is 0 Å². The SMILES string of the molecule is Cn1cc(NC(=O)NCCc2cccs2)cc(Br)c1=O. The molecule has 0 spiro atoms. The van der Waals surface area contributed by atoms with Crippen LogP contribution in [0.2, 0.25) is 0 Å². The molecule has 2 aromatic rings. The van der Waals surface area contributed by atoms with Crippen molar-refractivity contribution in [1.29, 1.82) is 0 Å². The maximum atomic E-state index is 11.7. The Bertz CT molecular complexity index is 626. The summed E-state index contributed by atoms with van der Waals surface area (Å²) in [4.78, 5) is 24.5. The standard InChI is InChI=1S/C13H14BrN3O2S/c1-17-8-9(7-11(14)12(17)18)16-13(19)15-5-4-10-3-2-6-20-10/h2-3,6-8H,4-5H2,1H3,(H2,15,16,19). The summed E-state index contributed by atoms with van der Waals surface area (Å²) < 4.78 is 1.82. The molecular weight excluding hydrogens is 342 g/mol. The Hall–Kier alpha value is -1.60. The quantitative estimate of drug-likeness (QED) is 0.885. The average Bonchev–Trinajstić information content (AvgIpc) is 2.89. The highest BCUT2D eigenvalue weighted by atomic mass is 79.9. The molecule has 0 aromatic carbocycles. The molecular formula is C13H14BrN3O2S. The van der Waals surface area contributed by atoms with E-state index in [2.05, 4.69) is 26.6 Å². The average molecular weight is 356 g/mol. The monoisotopic (exact) mass is 355 g/mol. The molecule has 0 bridgehead atoms. The molecule has 106 valence electrons. The van der Waals surface area contributed by atoms with E-state index in [1.165, 1.54) is 9.44 Å². The highest BCUT2D eigenvalue weighted by molar-refractivity contribution is 9.10. The van der Waals surface area contributed by atoms with E-state index >= 15 is 0 Å². The van der Waals surface area contributed by atoms with Gasteiger partial charge in [0, 0.05) is 24.7 Å². The van der Waals surface area contributed by atoms with E-state index in [9.17, 15) is 9.59 Å². The van der Waals surface area contributed by atoms with Gasteiger partial charge >= 0.3 is 6.03 Å². The lowest BCUT2D eigenvalue weighted by Gasteiger charge is -2.08. The summed E-state index contributed by atoms with van der Waals surface area (Å²) in [7, 11) is 1.63. The smallest absolute Gasteiger partial charge is 0.319 e. The van der Waals surface area contributed by atoms with Gasteiger partial charge in [0.15, 0.2) is 0 Å². The van der Waals surface area contributed by atoms with E-state index in [0.29, 0.717) is 16.7 Å². The van der Waals surface area contributed by atoms with Crippen LogP contribution < -0.4 is 16.2 Å². The third kappa shape index (κ3) is 3.94. The van der Waals surface area contributed by atoms with Crippen LogP contribution in [0.1, 0.15) is 4.88 Å². The highest BCUT2D eigenvalue weighted by Crippen LogP contribution is 2.11. The molecule has 7 heteroatoms. The number of nitrogens with zero attached hydrogens (tertiary/aromatic N) is 1. The molecule has 2 amide bonds. The summed E-state index contributed by atoms with van der Waals surface area (Å²) in [6, 6.07) is 5.32. The van der Waals surface area contributed by atoms with E-state index < -0.39 is 0 Å². The second kappa shape index (κ2) is 6.71. The van der Waals surface area contributed by atoms with Gasteiger partial charge in [-0.25, -0.2) is 4.79 Å². The second-order valence-corrected chi connectivity index (χ2v) is 6.09. The van der Waals surface area contributed by atoms with E-state index in [-0.39, 0.29) is 11.6 Å². The number of halogens is 1. The van der Waals surface area contributed by atoms with E-state index in [1.54, 1.807) is 30.6 Å². The largest absolute Gasteiger partial charge is 0.338 e. The van der Waals surface area contributed by atoms with Gasteiger partial charge in [0.25, 0.3) is 5.56 Å². The molecule has 0 atom stereocenters. The van der Waals surface area contributed by atoms with Crippen LogP contribution in [0.5, 0.6) is 0 Å². The summed E-state index contributed by atoms with van der Waals surface area (Å²) in [6.07, 6.45) is 2.38. The first-order valence-corrected chi connectivity index (χ1v) is 7.67. The van der Waals surface area contributed by atoms with Crippen molar-refractivity contribution in [3.05, 3.63) is 49.5 Å². The number of thiophene rings is 1. The minimum absolute atomic E-state index is 0.145. The van der Waals surface area contributed by atoms with Crippen LogP contribution in [0.15, 0.2) is 39.0 Å². The Kier molecular flexibility index (Phi) is 4.97. The summed E-state index contributed by atoms with van der Waals surface area (Å²) >= 11 is 4.83. The van der Waals surface area contributed by atoms with Crippen molar-refractivity contribution in [2.24, 2.45) is 7.05 Å². The Balaban J connectivity index is 1.87. The predicted molar refractivity (Wildman–Crippen MR) is 84.4 cm³/mol. The zero-order valence-corrected chi connectivity index (χ0v) is 13.3. The van der Waals surface area contributed by atoms with Crippen molar-refractivity contribution in [2.45, 2.75) is 6.42 Å². The van der Waals surface area contributed by atoms with Gasteiger partial charge in [-0.3, -0.25) is 4.79 Å². The fourth-order valence-electron chi connectivity index (χ4n) is 1.67. The van der Waals surface area contributed by atoms with E-state index in [1.807, 2.05) is 17.5 Å². The number of anilines is 1. The van der Waals surface area contributed by atoms with Crippen molar-refractivity contribution >= 4 is 39.0 Å². The maximum absolute atomic E-state index is 11.7. The third-order valence-electron chi connectivity index (χ3n) is 2.63. The summed E-state index contributed by atoms with van der Waals surface area (Å²) in [5.41, 5.74) is 0.418. The topological polar surface area (TPSA) is 63.1 Å². The van der Waals surface area contributed by atoms with Gasteiger partial charge in [0.1, 0.15) is 0 Å². The first kappa shape index (κ1) is 14.8. The fourth-order valence-corrected chi connectivity index (χ4v) is 2.90. The number of carbonyl (C=O) groups excluding carboxylic acids is 1. The number of carbonyl (C=O) groups is 1. The van der Waals surface area contributed by atoms with Crippen LogP contribution >= 0.6 is 27.3 Å². The lowest BCUT2D eigenvalue weighted by Crippen LogP contribution is -2.31. The molecule has 2 rings (SSSR count). The number of pyridine rings is 1. The molecule has 0 aliphatic rings. The Morgan fingerprint density at radius 2 is 2.30 bits per heavy atom. The molecule has 0 aliphatic carbocycles. The molecule has 0 fully saturated rings. The molecule has 0 saturated carbocycles. The fraction of sp³-hybridized carbons (Fsp3) is 0.231. The van der Waals surface area contributed by atoms with Gasteiger partial charge in [-0.15, -0.1) is 11.3 Å². The number of urea groups is 1. The van der Waals surface area contributed by atoms with Crippen LogP contribution in [0.3, 0.4) is 0 Å². The van der Waals surface area contributed by atoms with Crippen molar-refractivity contribution in [1.82, 2.24) is 9.88 Å². The van der Waals surface area contributed by atoms with Gasteiger partial charge in [0.05, 0.1) is 10.2 Å². The predicted octanol–water partition coefficient (Wildman–Crippen LogP) is 2.57. The molecule has 2 aromatic heterocycles. The first-order valence-electron chi connectivity index (χ1n) is 5.99. The van der Waals surface area contributed by atoms with E-state index in [0.717, 1.165) is 6.42 Å².